The van der Waals surface area contributed by atoms with E-state index in [2.05, 4.69) is 13.2 Å². The number of hydrogen-bond acceptors (Lipinski definition) is 5. The van der Waals surface area contributed by atoms with Gasteiger partial charge in [-0.3, -0.25) is 0 Å². The molecule has 1 atom stereocenters. The lowest BCUT2D eigenvalue weighted by molar-refractivity contribution is -0.105. The van der Waals surface area contributed by atoms with Crippen LogP contribution in [0.3, 0.4) is 0 Å². The Morgan fingerprint density at radius 2 is 1.95 bits per heavy atom. The van der Waals surface area contributed by atoms with Crippen LogP contribution in [0, 0.1) is 0 Å². The molecule has 0 spiro atoms. The summed E-state index contributed by atoms with van der Waals surface area (Å²) in [6.07, 6.45) is 8.54. The van der Waals surface area contributed by atoms with Gasteiger partial charge in [-0.05, 0) is 47.6 Å². The van der Waals surface area contributed by atoms with E-state index in [1.807, 2.05) is 13.8 Å². The molecular formula is C16H24O3S3. The maximum atomic E-state index is 12.2. The van der Waals surface area contributed by atoms with Gasteiger partial charge in [-0.15, -0.1) is 11.8 Å². The van der Waals surface area contributed by atoms with Gasteiger partial charge in [0, 0.05) is 11.0 Å². The third kappa shape index (κ3) is 6.58. The fourth-order valence-electron chi connectivity index (χ4n) is 1.78. The van der Waals surface area contributed by atoms with Crippen molar-refractivity contribution in [2.24, 2.45) is 0 Å². The lowest BCUT2D eigenvalue weighted by atomic mass is 9.99. The van der Waals surface area contributed by atoms with Crippen molar-refractivity contribution in [1.29, 1.82) is 0 Å². The molecule has 0 fully saturated rings. The number of rotatable bonds is 11. The molecule has 22 heavy (non-hydrogen) atoms. The van der Waals surface area contributed by atoms with E-state index in [1.165, 1.54) is 30.2 Å². The van der Waals surface area contributed by atoms with Gasteiger partial charge in [-0.2, -0.15) is 0 Å². The Kier molecular flexibility index (Phi) is 10.6. The van der Waals surface area contributed by atoms with Crippen LogP contribution in [-0.2, 0) is 13.7 Å². The maximum Gasteiger partial charge on any atom is 0.229 e. The van der Waals surface area contributed by atoms with E-state index >= 15 is 0 Å². The number of hydrogen-bond donors (Lipinski definition) is 0. The zero-order valence-electron chi connectivity index (χ0n) is 13.4. The summed E-state index contributed by atoms with van der Waals surface area (Å²) in [5, 5.41) is 0.0444. The van der Waals surface area contributed by atoms with Crippen LogP contribution >= 0.6 is 22.6 Å². The van der Waals surface area contributed by atoms with Crippen LogP contribution in [-0.4, -0.2) is 32.0 Å². The Balaban J connectivity index is 5.93. The van der Waals surface area contributed by atoms with Crippen molar-refractivity contribution < 1.29 is 13.2 Å². The van der Waals surface area contributed by atoms with E-state index < -0.39 is 8.87 Å². The minimum absolute atomic E-state index is 0.0444. The summed E-state index contributed by atoms with van der Waals surface area (Å²) in [4.78, 5) is 10.8. The van der Waals surface area contributed by atoms with E-state index in [9.17, 15) is 13.2 Å². The fraction of sp³-hybridized carbons (Fsp3) is 0.438. The summed E-state index contributed by atoms with van der Waals surface area (Å²) in [5.74, 6) is 0.378. The Labute approximate surface area is 142 Å². The Bertz CT molecular complexity index is 557. The maximum absolute atomic E-state index is 12.2. The average molecular weight is 361 g/mol. The highest BCUT2D eigenvalue weighted by atomic mass is 33.1. The predicted octanol–water partition coefficient (Wildman–Crippen LogP) is 4.35. The number of allylic oxidation sites excluding steroid dienone is 4. The molecule has 0 aromatic rings. The summed E-state index contributed by atoms with van der Waals surface area (Å²) >= 11 is 1.50. The SMILES string of the molecule is C=C/C=C(\C=C(/C(=C)CC)C(CC)SCC=O)S(=O)(=O)SC. The molecule has 0 bridgehead atoms. The molecule has 0 aliphatic rings. The second-order valence-corrected chi connectivity index (χ2v) is 9.64. The Morgan fingerprint density at radius 1 is 1.32 bits per heavy atom. The lowest BCUT2D eigenvalue weighted by Gasteiger charge is -2.20. The molecule has 1 unspecified atom stereocenters. The monoisotopic (exact) mass is 360 g/mol. The van der Waals surface area contributed by atoms with Crippen molar-refractivity contribution in [3.8, 4) is 0 Å². The molecule has 0 aliphatic carbocycles. The number of aldehydes is 1. The van der Waals surface area contributed by atoms with E-state index in [1.54, 1.807) is 6.08 Å². The first-order valence-corrected chi connectivity index (χ1v) is 11.2. The third-order valence-corrected chi connectivity index (χ3v) is 7.49. The molecule has 0 amide bonds. The first kappa shape index (κ1) is 21.3. The molecule has 0 rings (SSSR count). The lowest BCUT2D eigenvalue weighted by Crippen LogP contribution is -2.10. The van der Waals surface area contributed by atoms with E-state index in [0.29, 0.717) is 5.75 Å². The first-order chi connectivity index (χ1) is 10.4. The van der Waals surface area contributed by atoms with Gasteiger partial charge in [0.15, 0.2) is 0 Å². The molecule has 3 nitrogen and oxygen atoms in total. The number of thioether (sulfide) groups is 1. The molecule has 6 heteroatoms. The Hall–Kier alpha value is -0.720. The second kappa shape index (κ2) is 10.9. The molecule has 0 N–H and O–H groups in total. The smallest absolute Gasteiger partial charge is 0.229 e. The van der Waals surface area contributed by atoms with Crippen molar-refractivity contribution in [3.05, 3.63) is 47.4 Å². The highest BCUT2D eigenvalue weighted by Crippen LogP contribution is 2.31. The minimum atomic E-state index is -3.41. The van der Waals surface area contributed by atoms with Gasteiger partial charge < -0.3 is 4.79 Å². The molecule has 0 radical (unpaired) electrons. The quantitative estimate of drug-likeness (QED) is 0.311. The van der Waals surface area contributed by atoms with Gasteiger partial charge >= 0.3 is 0 Å². The average Bonchev–Trinajstić information content (AvgIpc) is 2.52. The third-order valence-electron chi connectivity index (χ3n) is 3.01. The van der Waals surface area contributed by atoms with Gasteiger partial charge in [0.25, 0.3) is 0 Å². The van der Waals surface area contributed by atoms with Crippen molar-refractivity contribution in [2.75, 3.05) is 12.0 Å². The van der Waals surface area contributed by atoms with Crippen LogP contribution in [0.15, 0.2) is 47.4 Å². The highest BCUT2D eigenvalue weighted by molar-refractivity contribution is 8.73. The van der Waals surface area contributed by atoms with Crippen LogP contribution in [0.2, 0.25) is 0 Å². The standard InChI is InChI=1S/C16H24O3S3/c1-6-9-14(22(18,19)20-5)12-15(13(4)7-2)16(8-3)21-11-10-17/h6,9-10,12,16H,1,4,7-8,11H2,2-3,5H3/b14-9+,15-12+. The van der Waals surface area contributed by atoms with Crippen molar-refractivity contribution in [1.82, 2.24) is 0 Å². The molecule has 0 heterocycles. The molecular weight excluding hydrogens is 336 g/mol. The molecule has 0 aromatic carbocycles. The van der Waals surface area contributed by atoms with Crippen LogP contribution < -0.4 is 0 Å². The van der Waals surface area contributed by atoms with E-state index in [4.69, 9.17) is 0 Å². The van der Waals surface area contributed by atoms with Crippen LogP contribution in [0.1, 0.15) is 26.7 Å². The zero-order chi connectivity index (χ0) is 17.2. The van der Waals surface area contributed by atoms with Gasteiger partial charge in [-0.1, -0.05) is 38.7 Å². The molecule has 0 saturated carbocycles. The van der Waals surface area contributed by atoms with Crippen molar-refractivity contribution >= 4 is 37.7 Å². The number of carbonyl (C=O) groups excluding carboxylic acids is 1. The Morgan fingerprint density at radius 3 is 2.36 bits per heavy atom. The highest BCUT2D eigenvalue weighted by Gasteiger charge is 2.20. The van der Waals surface area contributed by atoms with Crippen molar-refractivity contribution in [2.45, 2.75) is 31.9 Å². The number of carbonyl (C=O) groups is 1. The molecule has 0 saturated heterocycles. The summed E-state index contributed by atoms with van der Waals surface area (Å²) in [6.45, 7) is 11.6. The summed E-state index contributed by atoms with van der Waals surface area (Å²) in [5.41, 5.74) is 1.76. The van der Waals surface area contributed by atoms with Gasteiger partial charge in [-0.25, -0.2) is 8.42 Å². The largest absolute Gasteiger partial charge is 0.302 e. The van der Waals surface area contributed by atoms with Crippen LogP contribution in [0.5, 0.6) is 0 Å². The van der Waals surface area contributed by atoms with Crippen molar-refractivity contribution in [3.63, 3.8) is 0 Å². The minimum Gasteiger partial charge on any atom is -0.302 e. The zero-order valence-corrected chi connectivity index (χ0v) is 15.8. The van der Waals surface area contributed by atoms with Gasteiger partial charge in [0.05, 0.1) is 4.91 Å². The topological polar surface area (TPSA) is 51.2 Å². The summed E-state index contributed by atoms with van der Waals surface area (Å²) in [6, 6.07) is 0. The van der Waals surface area contributed by atoms with Gasteiger partial charge in [0.1, 0.15) is 6.29 Å². The summed E-state index contributed by atoms with van der Waals surface area (Å²) in [7, 11) is -2.62. The van der Waals surface area contributed by atoms with E-state index in [-0.39, 0.29) is 10.2 Å². The first-order valence-electron chi connectivity index (χ1n) is 6.96. The molecule has 124 valence electrons. The van der Waals surface area contributed by atoms with E-state index in [0.717, 1.165) is 41.1 Å². The second-order valence-electron chi connectivity index (χ2n) is 4.38. The summed E-state index contributed by atoms with van der Waals surface area (Å²) < 4.78 is 24.3. The molecule has 0 aliphatic heterocycles. The normalized spacial score (nSPS) is 14.5. The fourth-order valence-corrected chi connectivity index (χ4v) is 4.35. The van der Waals surface area contributed by atoms with Crippen LogP contribution in [0.25, 0.3) is 0 Å². The molecule has 0 aromatic heterocycles. The van der Waals surface area contributed by atoms with Gasteiger partial charge in [0.2, 0.25) is 8.87 Å². The van der Waals surface area contributed by atoms with Crippen LogP contribution in [0.4, 0.5) is 0 Å². The predicted molar refractivity (Wildman–Crippen MR) is 101 cm³/mol.